The van der Waals surface area contributed by atoms with Gasteiger partial charge >= 0.3 is 5.97 Å². The molecule has 198 valence electrons. The van der Waals surface area contributed by atoms with Crippen LogP contribution in [0.1, 0.15) is 67.7 Å². The van der Waals surface area contributed by atoms with E-state index >= 15 is 8.78 Å². The smallest absolute Gasteiger partial charge is 0.303 e. The summed E-state index contributed by atoms with van der Waals surface area (Å²) >= 11 is 0. The molecule has 0 saturated carbocycles. The molecule has 1 atom stereocenters. The van der Waals surface area contributed by atoms with Crippen LogP contribution in [0.4, 0.5) is 8.78 Å². The highest BCUT2D eigenvalue weighted by Crippen LogP contribution is 2.47. The molecule has 4 nitrogen and oxygen atoms in total. The summed E-state index contributed by atoms with van der Waals surface area (Å²) in [6.07, 6.45) is 5.36. The monoisotopic (exact) mass is 518 g/mol. The number of carboxylic acids is 1. The number of halogens is 2. The summed E-state index contributed by atoms with van der Waals surface area (Å²) in [5.74, 6) is -1.38. The molecule has 0 unspecified atom stereocenters. The molecule has 0 heterocycles. The van der Waals surface area contributed by atoms with Crippen LogP contribution in [0, 0.1) is 17.0 Å². The third-order valence-corrected chi connectivity index (χ3v) is 7.91. The molecule has 0 aromatic heterocycles. The highest BCUT2D eigenvalue weighted by Gasteiger charge is 2.31. The van der Waals surface area contributed by atoms with Gasteiger partial charge in [-0.25, -0.2) is 8.78 Å². The van der Waals surface area contributed by atoms with Crippen molar-refractivity contribution >= 4 is 11.5 Å². The molecule has 1 N–H and O–H groups in total. The first-order valence-corrected chi connectivity index (χ1v) is 13.0. The number of ether oxygens (including phenoxy) is 2. The summed E-state index contributed by atoms with van der Waals surface area (Å²) in [4.78, 5) is 11.3. The van der Waals surface area contributed by atoms with Gasteiger partial charge in [-0.3, -0.25) is 4.79 Å². The Balaban J connectivity index is 1.48. The fraction of sp³-hybridized carbons (Fsp3) is 0.344. The first-order valence-electron chi connectivity index (χ1n) is 13.0. The number of allylic oxidation sites excluding steroid dienone is 2. The van der Waals surface area contributed by atoms with Gasteiger partial charge in [0.05, 0.1) is 13.5 Å². The first kappa shape index (κ1) is 26.0. The molecule has 6 heteroatoms. The third-order valence-electron chi connectivity index (χ3n) is 7.91. The molecule has 38 heavy (non-hydrogen) atoms. The number of methoxy groups -OCH3 is 1. The normalized spacial score (nSPS) is 17.7. The van der Waals surface area contributed by atoms with Crippen LogP contribution in [0.15, 0.2) is 54.6 Å². The predicted octanol–water partition coefficient (Wildman–Crippen LogP) is 7.93. The number of carboxylic acid groups (broad SMARTS) is 1. The average Bonchev–Trinajstić information content (AvgIpc) is 3.46. The molecule has 2 aliphatic carbocycles. The summed E-state index contributed by atoms with van der Waals surface area (Å²) in [5, 5.41) is 9.23. The van der Waals surface area contributed by atoms with Crippen molar-refractivity contribution in [3.8, 4) is 22.6 Å². The third kappa shape index (κ3) is 4.92. The maximum Gasteiger partial charge on any atom is 0.303 e. The van der Waals surface area contributed by atoms with Gasteiger partial charge in [0.2, 0.25) is 0 Å². The van der Waals surface area contributed by atoms with Gasteiger partial charge in [0.25, 0.3) is 0 Å². The zero-order valence-electron chi connectivity index (χ0n) is 21.9. The number of carbonyl (C=O) groups is 1. The fourth-order valence-corrected chi connectivity index (χ4v) is 5.87. The number of hydrogen-bond acceptors (Lipinski definition) is 3. The molecule has 2 aliphatic rings. The molecule has 5 rings (SSSR count). The van der Waals surface area contributed by atoms with Gasteiger partial charge in [-0.2, -0.15) is 0 Å². The average molecular weight is 519 g/mol. The highest BCUT2D eigenvalue weighted by molar-refractivity contribution is 5.85. The first-order chi connectivity index (χ1) is 18.2. The maximum atomic E-state index is 15.4. The lowest BCUT2D eigenvalue weighted by atomic mass is 9.79. The topological polar surface area (TPSA) is 55.8 Å². The lowest BCUT2D eigenvalue weighted by Crippen LogP contribution is -2.10. The van der Waals surface area contributed by atoms with Crippen molar-refractivity contribution in [2.75, 3.05) is 7.11 Å². The van der Waals surface area contributed by atoms with Crippen molar-refractivity contribution < 1.29 is 28.2 Å². The largest absolute Gasteiger partial charge is 0.497 e. The van der Waals surface area contributed by atoms with E-state index in [0.29, 0.717) is 29.7 Å². The van der Waals surface area contributed by atoms with Gasteiger partial charge in [0.1, 0.15) is 18.2 Å². The molecular weight excluding hydrogens is 486 g/mol. The van der Waals surface area contributed by atoms with Crippen LogP contribution in [-0.4, -0.2) is 18.2 Å². The van der Waals surface area contributed by atoms with Crippen LogP contribution in [0.2, 0.25) is 0 Å². The van der Waals surface area contributed by atoms with Gasteiger partial charge in [0, 0.05) is 5.56 Å². The van der Waals surface area contributed by atoms with Gasteiger partial charge < -0.3 is 14.6 Å². The van der Waals surface area contributed by atoms with E-state index in [-0.39, 0.29) is 35.9 Å². The van der Waals surface area contributed by atoms with Crippen molar-refractivity contribution in [1.29, 1.82) is 0 Å². The molecule has 0 spiro atoms. The summed E-state index contributed by atoms with van der Waals surface area (Å²) in [6.45, 7) is 4.50. The Labute approximate surface area is 221 Å². The number of aliphatic carboxylic acids is 1. The molecule has 3 aromatic carbocycles. The minimum Gasteiger partial charge on any atom is -0.497 e. The lowest BCUT2D eigenvalue weighted by molar-refractivity contribution is -0.137. The number of hydrogen-bond donors (Lipinski definition) is 1. The predicted molar refractivity (Wildman–Crippen MR) is 143 cm³/mol. The minimum atomic E-state index is -0.933. The van der Waals surface area contributed by atoms with E-state index in [4.69, 9.17) is 9.47 Å². The standard InChI is InChI=1S/C32H32F2O4/c1-32(2)14-4-5-26(32)24-15-19(6-11-23(24)25-17-22(37-3)10-12-27(25)33)18-38-28-13-9-20-7-8-21(16-29(35)36)30(20)31(28)34/h5-6,9-13,15,17,21H,4,7-8,14,16,18H2,1-3H3,(H,35,36)/t21-/m1/s1. The molecule has 3 aromatic rings. The second-order valence-corrected chi connectivity index (χ2v) is 10.8. The SMILES string of the molecule is COc1ccc(F)c(-c2ccc(COc3ccc4c(c3F)[C@@H](CC(=O)O)CC4)cc2C2=CCCC2(C)C)c1. The zero-order valence-corrected chi connectivity index (χ0v) is 21.9. The van der Waals surface area contributed by atoms with E-state index in [2.05, 4.69) is 19.9 Å². The van der Waals surface area contributed by atoms with E-state index in [1.54, 1.807) is 25.3 Å². The van der Waals surface area contributed by atoms with E-state index in [1.807, 2.05) is 24.3 Å². The fourth-order valence-electron chi connectivity index (χ4n) is 5.87. The van der Waals surface area contributed by atoms with Crippen LogP contribution < -0.4 is 9.47 Å². The Bertz CT molecular complexity index is 1420. The van der Waals surface area contributed by atoms with Crippen LogP contribution >= 0.6 is 0 Å². The van der Waals surface area contributed by atoms with Crippen LogP contribution in [0.3, 0.4) is 0 Å². The van der Waals surface area contributed by atoms with Crippen molar-refractivity contribution in [2.24, 2.45) is 5.41 Å². The van der Waals surface area contributed by atoms with Gasteiger partial charge in [-0.1, -0.05) is 38.1 Å². The van der Waals surface area contributed by atoms with Crippen LogP contribution in [0.5, 0.6) is 11.5 Å². The Morgan fingerprint density at radius 3 is 2.58 bits per heavy atom. The lowest BCUT2D eigenvalue weighted by Gasteiger charge is -2.25. The molecule has 0 saturated heterocycles. The van der Waals surface area contributed by atoms with Crippen LogP contribution in [-0.2, 0) is 17.8 Å². The van der Waals surface area contributed by atoms with Gasteiger partial charge in [-0.15, -0.1) is 0 Å². The maximum absolute atomic E-state index is 15.4. The number of aryl methyl sites for hydroxylation is 1. The van der Waals surface area contributed by atoms with E-state index in [0.717, 1.165) is 40.7 Å². The summed E-state index contributed by atoms with van der Waals surface area (Å²) < 4.78 is 41.7. The van der Waals surface area contributed by atoms with Crippen molar-refractivity contribution in [1.82, 2.24) is 0 Å². The molecule has 0 radical (unpaired) electrons. The second kappa shape index (κ2) is 10.2. The Morgan fingerprint density at radius 1 is 1.05 bits per heavy atom. The van der Waals surface area contributed by atoms with Gasteiger partial charge in [-0.05, 0) is 101 Å². The van der Waals surface area contributed by atoms with Crippen molar-refractivity contribution in [2.45, 2.75) is 58.5 Å². The van der Waals surface area contributed by atoms with Gasteiger partial charge in [0.15, 0.2) is 11.6 Å². The second-order valence-electron chi connectivity index (χ2n) is 10.8. The summed E-state index contributed by atoms with van der Waals surface area (Å²) in [6, 6.07) is 14.0. The summed E-state index contributed by atoms with van der Waals surface area (Å²) in [7, 11) is 1.56. The quantitative estimate of drug-likeness (QED) is 0.329. The Kier molecular flexibility index (Phi) is 6.99. The molecular formula is C32H32F2O4. The molecule has 0 bridgehead atoms. The van der Waals surface area contributed by atoms with Crippen LogP contribution in [0.25, 0.3) is 16.7 Å². The molecule has 0 amide bonds. The zero-order chi connectivity index (χ0) is 27.0. The van der Waals surface area contributed by atoms with E-state index < -0.39 is 11.8 Å². The number of rotatable bonds is 8. The highest BCUT2D eigenvalue weighted by atomic mass is 19.1. The van der Waals surface area contributed by atoms with Crippen molar-refractivity contribution in [3.63, 3.8) is 0 Å². The van der Waals surface area contributed by atoms with E-state index in [9.17, 15) is 9.90 Å². The number of fused-ring (bicyclic) bond motifs is 1. The Morgan fingerprint density at radius 2 is 1.87 bits per heavy atom. The molecule has 0 fully saturated rings. The minimum absolute atomic E-state index is 0.0746. The Hall–Kier alpha value is -3.67. The van der Waals surface area contributed by atoms with Crippen molar-refractivity contribution in [3.05, 3.63) is 88.5 Å². The number of benzene rings is 3. The summed E-state index contributed by atoms with van der Waals surface area (Å²) in [5.41, 5.74) is 5.38. The van der Waals surface area contributed by atoms with E-state index in [1.165, 1.54) is 6.07 Å². The molecule has 0 aliphatic heterocycles.